The van der Waals surface area contributed by atoms with Gasteiger partial charge in [0.15, 0.2) is 0 Å². The number of hydrogen-bond acceptors (Lipinski definition) is 4. The highest BCUT2D eigenvalue weighted by molar-refractivity contribution is 5.67. The van der Waals surface area contributed by atoms with Crippen molar-refractivity contribution in [2.45, 2.75) is 39.2 Å². The summed E-state index contributed by atoms with van der Waals surface area (Å²) in [5, 5.41) is 22.7. The molecule has 0 radical (unpaired) electrons. The Balaban J connectivity index is 2.94. The molecule has 0 fully saturated rings. The maximum absolute atomic E-state index is 11.0. The number of aryl methyl sites for hydroxylation is 1. The first-order valence-electron chi connectivity index (χ1n) is 5.96. The van der Waals surface area contributed by atoms with Crippen molar-refractivity contribution < 1.29 is 14.8 Å². The lowest BCUT2D eigenvalue weighted by atomic mass is 9.97. The van der Waals surface area contributed by atoms with Crippen LogP contribution in [-0.2, 0) is 4.79 Å². The largest absolute Gasteiger partial charge is 0.481 e. The summed E-state index contributed by atoms with van der Waals surface area (Å²) >= 11 is 0. The molecular weight excluding hydrogens is 248 g/mol. The Morgan fingerprint density at radius 1 is 1.47 bits per heavy atom. The van der Waals surface area contributed by atoms with Crippen molar-refractivity contribution in [2.75, 3.05) is 5.32 Å². The predicted molar refractivity (Wildman–Crippen MR) is 72.4 cm³/mol. The molecule has 0 atom stereocenters. The molecule has 0 heterocycles. The third-order valence-corrected chi connectivity index (χ3v) is 2.79. The third-order valence-electron chi connectivity index (χ3n) is 2.79. The average Bonchev–Trinajstić information content (AvgIpc) is 2.25. The highest BCUT2D eigenvalue weighted by atomic mass is 16.6. The lowest BCUT2D eigenvalue weighted by Crippen LogP contribution is -2.31. The molecule has 104 valence electrons. The van der Waals surface area contributed by atoms with Gasteiger partial charge in [0.25, 0.3) is 5.69 Å². The number of benzene rings is 1. The number of carboxylic acids is 1. The van der Waals surface area contributed by atoms with Crippen LogP contribution < -0.4 is 5.32 Å². The Bertz CT molecular complexity index is 497. The molecule has 1 rings (SSSR count). The third kappa shape index (κ3) is 4.57. The van der Waals surface area contributed by atoms with E-state index in [0.717, 1.165) is 5.56 Å². The first kappa shape index (κ1) is 14.9. The standard InChI is InChI=1S/C13H18N2O4/c1-9-4-5-11(15(18)19)10(8-9)14-13(2,3)7-6-12(16)17/h4-5,8,14H,6-7H2,1-3H3,(H,16,17). The quantitative estimate of drug-likeness (QED) is 0.610. The van der Waals surface area contributed by atoms with E-state index in [4.69, 9.17) is 5.11 Å². The minimum Gasteiger partial charge on any atom is -0.481 e. The fourth-order valence-corrected chi connectivity index (χ4v) is 1.76. The van der Waals surface area contributed by atoms with Crippen LogP contribution >= 0.6 is 0 Å². The highest BCUT2D eigenvalue weighted by Crippen LogP contribution is 2.29. The highest BCUT2D eigenvalue weighted by Gasteiger charge is 2.23. The number of carboxylic acid groups (broad SMARTS) is 1. The summed E-state index contributed by atoms with van der Waals surface area (Å²) in [5.41, 5.74) is 0.785. The number of carbonyl (C=O) groups is 1. The lowest BCUT2D eigenvalue weighted by molar-refractivity contribution is -0.384. The molecule has 0 saturated heterocycles. The van der Waals surface area contributed by atoms with E-state index in [2.05, 4.69) is 5.32 Å². The van der Waals surface area contributed by atoms with Crippen molar-refractivity contribution in [3.63, 3.8) is 0 Å². The van der Waals surface area contributed by atoms with Crippen LogP contribution in [0.15, 0.2) is 18.2 Å². The first-order valence-corrected chi connectivity index (χ1v) is 5.96. The van der Waals surface area contributed by atoms with Gasteiger partial charge in [-0.3, -0.25) is 14.9 Å². The van der Waals surface area contributed by atoms with Crippen LogP contribution in [0, 0.1) is 17.0 Å². The molecular formula is C13H18N2O4. The number of nitrogens with one attached hydrogen (secondary N) is 1. The molecule has 0 saturated carbocycles. The number of hydrogen-bond donors (Lipinski definition) is 2. The van der Waals surface area contributed by atoms with Gasteiger partial charge in [0.2, 0.25) is 0 Å². The Labute approximate surface area is 111 Å². The smallest absolute Gasteiger partial charge is 0.303 e. The maximum atomic E-state index is 11.0. The molecule has 6 nitrogen and oxygen atoms in total. The fourth-order valence-electron chi connectivity index (χ4n) is 1.76. The Morgan fingerprint density at radius 2 is 2.11 bits per heavy atom. The molecule has 0 amide bonds. The van der Waals surface area contributed by atoms with Gasteiger partial charge in [0.05, 0.1) is 4.92 Å². The van der Waals surface area contributed by atoms with Gasteiger partial charge in [0, 0.05) is 18.0 Å². The van der Waals surface area contributed by atoms with Crippen LogP contribution in [0.5, 0.6) is 0 Å². The van der Waals surface area contributed by atoms with Gasteiger partial charge in [0.1, 0.15) is 5.69 Å². The summed E-state index contributed by atoms with van der Waals surface area (Å²) in [6.45, 7) is 5.49. The van der Waals surface area contributed by atoms with Gasteiger partial charge >= 0.3 is 5.97 Å². The number of nitro benzene ring substituents is 1. The van der Waals surface area contributed by atoms with Crippen LogP contribution in [0.1, 0.15) is 32.3 Å². The van der Waals surface area contributed by atoms with E-state index in [0.29, 0.717) is 12.1 Å². The predicted octanol–water partition coefficient (Wildman–Crippen LogP) is 2.96. The second-order valence-electron chi connectivity index (χ2n) is 5.18. The van der Waals surface area contributed by atoms with Gasteiger partial charge in [-0.25, -0.2) is 0 Å². The van der Waals surface area contributed by atoms with Crippen molar-refractivity contribution in [3.05, 3.63) is 33.9 Å². The average molecular weight is 266 g/mol. The van der Waals surface area contributed by atoms with Gasteiger partial charge in [-0.15, -0.1) is 0 Å². The number of rotatable bonds is 6. The van der Waals surface area contributed by atoms with E-state index in [1.54, 1.807) is 12.1 Å². The molecule has 0 aromatic heterocycles. The van der Waals surface area contributed by atoms with Crippen molar-refractivity contribution >= 4 is 17.3 Å². The SMILES string of the molecule is Cc1ccc([N+](=O)[O-])c(NC(C)(C)CCC(=O)O)c1. The van der Waals surface area contributed by atoms with Gasteiger partial charge in [-0.1, -0.05) is 6.07 Å². The molecule has 1 aromatic carbocycles. The second kappa shape index (κ2) is 5.69. The lowest BCUT2D eigenvalue weighted by Gasteiger charge is -2.27. The summed E-state index contributed by atoms with van der Waals surface area (Å²) in [4.78, 5) is 21.1. The summed E-state index contributed by atoms with van der Waals surface area (Å²) in [6, 6.07) is 4.82. The van der Waals surface area contributed by atoms with Crippen molar-refractivity contribution in [1.29, 1.82) is 0 Å². The topological polar surface area (TPSA) is 92.5 Å². The Kier molecular flexibility index (Phi) is 4.47. The first-order chi connectivity index (χ1) is 8.71. The second-order valence-corrected chi connectivity index (χ2v) is 5.18. The van der Waals surface area contributed by atoms with E-state index in [1.807, 2.05) is 20.8 Å². The molecule has 0 aliphatic carbocycles. The number of aliphatic carboxylic acids is 1. The van der Waals surface area contributed by atoms with E-state index >= 15 is 0 Å². The minimum absolute atomic E-state index is 0.00556. The van der Waals surface area contributed by atoms with Crippen molar-refractivity contribution in [1.82, 2.24) is 0 Å². The molecule has 0 aliphatic rings. The van der Waals surface area contributed by atoms with Crippen LogP contribution in [0.25, 0.3) is 0 Å². The van der Waals surface area contributed by atoms with Crippen LogP contribution in [0.3, 0.4) is 0 Å². The van der Waals surface area contributed by atoms with Crippen LogP contribution in [-0.4, -0.2) is 21.5 Å². The minimum atomic E-state index is -0.881. The summed E-state index contributed by atoms with van der Waals surface area (Å²) in [5.74, 6) is -0.881. The molecule has 6 heteroatoms. The van der Waals surface area contributed by atoms with Gasteiger partial charge in [-0.05, 0) is 38.8 Å². The Hall–Kier alpha value is -2.11. The number of nitro groups is 1. The monoisotopic (exact) mass is 266 g/mol. The summed E-state index contributed by atoms with van der Waals surface area (Å²) < 4.78 is 0. The summed E-state index contributed by atoms with van der Waals surface area (Å²) in [7, 11) is 0. The maximum Gasteiger partial charge on any atom is 0.303 e. The normalized spacial score (nSPS) is 11.1. The molecule has 0 spiro atoms. The molecule has 2 N–H and O–H groups in total. The fraction of sp³-hybridized carbons (Fsp3) is 0.462. The molecule has 0 unspecified atom stereocenters. The zero-order valence-corrected chi connectivity index (χ0v) is 11.3. The number of anilines is 1. The van der Waals surface area contributed by atoms with E-state index in [9.17, 15) is 14.9 Å². The number of nitrogens with zero attached hydrogens (tertiary/aromatic N) is 1. The van der Waals surface area contributed by atoms with E-state index in [-0.39, 0.29) is 12.1 Å². The van der Waals surface area contributed by atoms with Gasteiger partial charge < -0.3 is 10.4 Å². The van der Waals surface area contributed by atoms with Crippen molar-refractivity contribution in [3.8, 4) is 0 Å². The van der Waals surface area contributed by atoms with Crippen molar-refractivity contribution in [2.24, 2.45) is 0 Å². The molecule has 0 aliphatic heterocycles. The Morgan fingerprint density at radius 3 is 2.63 bits per heavy atom. The molecule has 0 bridgehead atoms. The zero-order chi connectivity index (χ0) is 14.6. The summed E-state index contributed by atoms with van der Waals surface area (Å²) in [6.07, 6.45) is 0.396. The van der Waals surface area contributed by atoms with Crippen LogP contribution in [0.2, 0.25) is 0 Å². The van der Waals surface area contributed by atoms with E-state index in [1.165, 1.54) is 6.07 Å². The zero-order valence-electron chi connectivity index (χ0n) is 11.3. The molecule has 1 aromatic rings. The van der Waals surface area contributed by atoms with E-state index < -0.39 is 16.4 Å². The van der Waals surface area contributed by atoms with Crippen LogP contribution in [0.4, 0.5) is 11.4 Å². The van der Waals surface area contributed by atoms with Gasteiger partial charge in [-0.2, -0.15) is 0 Å². The molecule has 19 heavy (non-hydrogen) atoms.